The van der Waals surface area contributed by atoms with E-state index >= 15 is 0 Å². The number of rotatable bonds is 12. The van der Waals surface area contributed by atoms with Gasteiger partial charge in [-0.2, -0.15) is 0 Å². The fraction of sp³-hybridized carbons (Fsp3) is 0.176. The number of carbonyl (C=O) groups excluding carboxylic acids is 1. The zero-order chi connectivity index (χ0) is 30.0. The summed E-state index contributed by atoms with van der Waals surface area (Å²) in [6.07, 6.45) is -0.103. The molecule has 1 unspecified atom stereocenters. The second-order valence-electron chi connectivity index (χ2n) is 10.0. The van der Waals surface area contributed by atoms with Crippen molar-refractivity contribution < 1.29 is 19.4 Å². The summed E-state index contributed by atoms with van der Waals surface area (Å²) < 4.78 is 11.2. The van der Waals surface area contributed by atoms with Gasteiger partial charge in [0.1, 0.15) is 18.1 Å². The number of fused-ring (bicyclic) bond motifs is 1. The minimum absolute atomic E-state index is 0.239. The summed E-state index contributed by atoms with van der Waals surface area (Å²) in [5.74, 6) is 1.26. The van der Waals surface area contributed by atoms with Crippen LogP contribution in [0.3, 0.4) is 0 Å². The van der Waals surface area contributed by atoms with E-state index < -0.39 is 6.10 Å². The molecule has 0 saturated heterocycles. The number of H-pyrrole nitrogens is 1. The molecule has 0 spiro atoms. The fourth-order valence-corrected chi connectivity index (χ4v) is 4.75. The lowest BCUT2D eigenvalue weighted by atomic mass is 10.0. The monoisotopic (exact) mass is 578 g/mol. The summed E-state index contributed by atoms with van der Waals surface area (Å²) in [6, 6.07) is 31.0. The Morgan fingerprint density at radius 2 is 1.63 bits per heavy atom. The van der Waals surface area contributed by atoms with Crippen LogP contribution in [0, 0.1) is 0 Å². The number of anilines is 2. The average molecular weight is 579 g/mol. The Hall–Kier alpha value is -5.12. The third-order valence-electron chi connectivity index (χ3n) is 6.95. The lowest BCUT2D eigenvalue weighted by molar-refractivity contribution is 0.176. The molecule has 0 aliphatic heterocycles. The van der Waals surface area contributed by atoms with Gasteiger partial charge in [-0.1, -0.05) is 48.5 Å². The Morgan fingerprint density at radius 3 is 2.42 bits per heavy atom. The van der Waals surface area contributed by atoms with Crippen molar-refractivity contribution in [2.24, 2.45) is 0 Å². The van der Waals surface area contributed by atoms with E-state index in [4.69, 9.17) is 9.47 Å². The van der Waals surface area contributed by atoms with Crippen LogP contribution in [0.2, 0.25) is 0 Å². The van der Waals surface area contributed by atoms with Gasteiger partial charge in [-0.05, 0) is 78.2 Å². The van der Waals surface area contributed by atoms with Gasteiger partial charge in [0, 0.05) is 29.4 Å². The molecule has 0 saturated carbocycles. The van der Waals surface area contributed by atoms with Crippen LogP contribution in [0.4, 0.5) is 16.2 Å². The quantitative estimate of drug-likeness (QED) is 0.122. The molecule has 0 radical (unpaired) electrons. The molecule has 2 amide bonds. The van der Waals surface area contributed by atoms with E-state index in [1.165, 1.54) is 6.07 Å². The van der Waals surface area contributed by atoms with Crippen LogP contribution in [0.1, 0.15) is 22.8 Å². The minimum Gasteiger partial charge on any atom is -0.497 e. The molecule has 43 heavy (non-hydrogen) atoms. The highest BCUT2D eigenvalue weighted by Gasteiger charge is 2.15. The minimum atomic E-state index is -0.800. The number of pyridine rings is 1. The highest BCUT2D eigenvalue weighted by Crippen LogP contribution is 2.30. The molecular weight excluding hydrogens is 544 g/mol. The predicted octanol–water partition coefficient (Wildman–Crippen LogP) is 5.63. The van der Waals surface area contributed by atoms with Gasteiger partial charge in [-0.15, -0.1) is 0 Å². The van der Waals surface area contributed by atoms with Gasteiger partial charge in [0.05, 0.1) is 18.7 Å². The molecule has 5 aromatic rings. The van der Waals surface area contributed by atoms with Crippen molar-refractivity contribution in [3.63, 3.8) is 0 Å². The molecule has 1 aromatic heterocycles. The van der Waals surface area contributed by atoms with Crippen LogP contribution in [-0.4, -0.2) is 36.3 Å². The summed E-state index contributed by atoms with van der Waals surface area (Å²) in [6.45, 7) is 1.30. The van der Waals surface area contributed by atoms with Gasteiger partial charge in [0.15, 0.2) is 0 Å². The van der Waals surface area contributed by atoms with Gasteiger partial charge in [-0.3, -0.25) is 4.79 Å². The zero-order valence-electron chi connectivity index (χ0n) is 23.8. The Bertz CT molecular complexity index is 1720. The number of hydrogen-bond acceptors (Lipinski definition) is 6. The maximum Gasteiger partial charge on any atom is 0.323 e. The smallest absolute Gasteiger partial charge is 0.323 e. The highest BCUT2D eigenvalue weighted by molar-refractivity contribution is 5.99. The largest absolute Gasteiger partial charge is 0.497 e. The second-order valence-corrected chi connectivity index (χ2v) is 10.0. The molecule has 4 aromatic carbocycles. The SMILES string of the molecule is COc1ccc(NC(=O)Nc2cccc(CCNCC(O)c3ccc(OCc4ccccc4)c4[nH]c(=O)ccc34)c2)cc1. The maximum atomic E-state index is 12.4. The molecule has 1 atom stereocenters. The molecule has 0 aliphatic rings. The van der Waals surface area contributed by atoms with Crippen molar-refractivity contribution in [1.29, 1.82) is 0 Å². The number of aliphatic hydroxyl groups is 1. The van der Waals surface area contributed by atoms with Crippen molar-refractivity contribution in [2.75, 3.05) is 30.8 Å². The number of hydrogen-bond donors (Lipinski definition) is 5. The van der Waals surface area contributed by atoms with E-state index in [-0.39, 0.29) is 11.6 Å². The highest BCUT2D eigenvalue weighted by atomic mass is 16.5. The number of nitrogens with one attached hydrogen (secondary N) is 4. The zero-order valence-corrected chi connectivity index (χ0v) is 23.8. The number of aromatic amines is 1. The summed E-state index contributed by atoms with van der Waals surface area (Å²) in [7, 11) is 1.59. The van der Waals surface area contributed by atoms with Gasteiger partial charge < -0.3 is 35.5 Å². The Morgan fingerprint density at radius 1 is 0.860 bits per heavy atom. The first kappa shape index (κ1) is 29.4. The van der Waals surface area contributed by atoms with Crippen molar-refractivity contribution in [1.82, 2.24) is 10.3 Å². The number of aromatic nitrogens is 1. The maximum absolute atomic E-state index is 12.4. The molecule has 0 fully saturated rings. The van der Waals surface area contributed by atoms with Crippen LogP contribution in [0.5, 0.6) is 11.5 Å². The van der Waals surface area contributed by atoms with E-state index in [1.54, 1.807) is 43.5 Å². The molecular formula is C34H34N4O5. The first-order valence-corrected chi connectivity index (χ1v) is 14.0. The van der Waals surface area contributed by atoms with Crippen LogP contribution in [-0.2, 0) is 13.0 Å². The van der Waals surface area contributed by atoms with Crippen molar-refractivity contribution in [3.05, 3.63) is 130 Å². The third-order valence-corrected chi connectivity index (χ3v) is 6.95. The van der Waals surface area contributed by atoms with Crippen LogP contribution >= 0.6 is 0 Å². The Kier molecular flexibility index (Phi) is 9.68. The predicted molar refractivity (Wildman–Crippen MR) is 169 cm³/mol. The van der Waals surface area contributed by atoms with Gasteiger partial charge in [-0.25, -0.2) is 4.79 Å². The summed E-state index contributed by atoms with van der Waals surface area (Å²) in [5, 5.41) is 20.7. The molecule has 9 nitrogen and oxygen atoms in total. The molecule has 1 heterocycles. The first-order valence-electron chi connectivity index (χ1n) is 14.0. The molecule has 0 aliphatic carbocycles. The standard InChI is InChI=1S/C34H34N4O5/c1-42-27-12-10-25(11-13-27)36-34(41)37-26-9-5-8-23(20-26)18-19-35-21-30(39)28-14-16-31(33-29(28)15-17-32(40)38-33)43-22-24-6-3-2-4-7-24/h2-17,20,30,35,39H,18-19,21-22H2,1H3,(H,38,40)(H2,36,37,41). The van der Waals surface area contributed by atoms with Crippen molar-refractivity contribution >= 4 is 28.3 Å². The number of ether oxygens (including phenoxy) is 2. The normalized spacial score (nSPS) is 11.6. The van der Waals surface area contributed by atoms with Gasteiger partial charge in [0.25, 0.3) is 0 Å². The number of benzene rings is 4. The molecule has 220 valence electrons. The first-order chi connectivity index (χ1) is 21.0. The van der Waals surface area contributed by atoms with E-state index in [9.17, 15) is 14.7 Å². The average Bonchev–Trinajstić information content (AvgIpc) is 3.02. The number of methoxy groups -OCH3 is 1. The van der Waals surface area contributed by atoms with E-state index in [0.717, 1.165) is 16.5 Å². The molecule has 5 rings (SSSR count). The van der Waals surface area contributed by atoms with E-state index in [1.807, 2.05) is 60.7 Å². The number of amides is 2. The van der Waals surface area contributed by atoms with Crippen molar-refractivity contribution in [3.8, 4) is 11.5 Å². The number of carbonyl (C=O) groups is 1. The van der Waals surface area contributed by atoms with Crippen molar-refractivity contribution in [2.45, 2.75) is 19.1 Å². The van der Waals surface area contributed by atoms with Gasteiger partial charge in [0.2, 0.25) is 5.56 Å². The Labute approximate surface area is 249 Å². The summed E-state index contributed by atoms with van der Waals surface area (Å²) in [4.78, 5) is 27.4. The summed E-state index contributed by atoms with van der Waals surface area (Å²) in [5.41, 5.74) is 4.40. The topological polar surface area (TPSA) is 125 Å². The number of aliphatic hydroxyl groups excluding tert-OH is 1. The van der Waals surface area contributed by atoms with Crippen LogP contribution < -0.4 is 31.0 Å². The van der Waals surface area contributed by atoms with Crippen LogP contribution in [0.25, 0.3) is 10.9 Å². The Balaban J connectivity index is 1.14. The van der Waals surface area contributed by atoms with E-state index in [0.29, 0.717) is 60.1 Å². The molecule has 5 N–H and O–H groups in total. The fourth-order valence-electron chi connectivity index (χ4n) is 4.75. The summed E-state index contributed by atoms with van der Waals surface area (Å²) >= 11 is 0. The molecule has 9 heteroatoms. The van der Waals surface area contributed by atoms with E-state index in [2.05, 4.69) is 20.9 Å². The van der Waals surface area contributed by atoms with Gasteiger partial charge >= 0.3 is 6.03 Å². The molecule has 0 bridgehead atoms. The second kappa shape index (κ2) is 14.2. The lowest BCUT2D eigenvalue weighted by Gasteiger charge is -2.17. The third kappa shape index (κ3) is 8.00. The number of urea groups is 1. The lowest BCUT2D eigenvalue weighted by Crippen LogP contribution is -2.24. The van der Waals surface area contributed by atoms with Crippen LogP contribution in [0.15, 0.2) is 108 Å².